The molecule has 2 aromatic carbocycles. The van der Waals surface area contributed by atoms with E-state index in [-0.39, 0.29) is 21.4 Å². The lowest BCUT2D eigenvalue weighted by Crippen LogP contribution is -2.31. The van der Waals surface area contributed by atoms with Gasteiger partial charge in [-0.15, -0.1) is 5.10 Å². The summed E-state index contributed by atoms with van der Waals surface area (Å²) in [5.74, 6) is -0.672. The molecule has 8 nitrogen and oxygen atoms in total. The average Bonchev–Trinajstić information content (AvgIpc) is 3.03. The number of carbonyl (C=O) groups is 1. The summed E-state index contributed by atoms with van der Waals surface area (Å²) in [5, 5.41) is 8.10. The van der Waals surface area contributed by atoms with Crippen molar-refractivity contribution < 1.29 is 17.9 Å². The molecule has 0 atom stereocenters. The van der Waals surface area contributed by atoms with Gasteiger partial charge in [-0.1, -0.05) is 34.5 Å². The molecule has 1 N–H and O–H groups in total. The van der Waals surface area contributed by atoms with Crippen LogP contribution in [-0.2, 0) is 10.0 Å². The molecule has 11 heteroatoms. The second-order valence-corrected chi connectivity index (χ2v) is 8.59. The first-order valence-electron chi connectivity index (χ1n) is 8.23. The van der Waals surface area contributed by atoms with E-state index in [1.54, 1.807) is 19.1 Å². The highest BCUT2D eigenvalue weighted by molar-refractivity contribution is 7.90. The van der Waals surface area contributed by atoms with E-state index in [0.29, 0.717) is 16.4 Å². The third kappa shape index (κ3) is 4.21. The minimum atomic E-state index is -4.27. The van der Waals surface area contributed by atoms with E-state index in [2.05, 4.69) is 10.3 Å². The monoisotopic (exact) mass is 454 g/mol. The van der Waals surface area contributed by atoms with Crippen molar-refractivity contribution in [1.82, 2.24) is 19.7 Å². The van der Waals surface area contributed by atoms with Gasteiger partial charge < -0.3 is 4.74 Å². The number of rotatable bonds is 5. The van der Waals surface area contributed by atoms with E-state index in [1.165, 1.54) is 30.0 Å². The predicted octanol–water partition coefficient (Wildman–Crippen LogP) is 3.32. The summed E-state index contributed by atoms with van der Waals surface area (Å²) >= 11 is 12.2. The van der Waals surface area contributed by atoms with Crippen molar-refractivity contribution >= 4 is 39.1 Å². The first-order valence-corrected chi connectivity index (χ1v) is 10.5. The first kappa shape index (κ1) is 21.1. The summed E-state index contributed by atoms with van der Waals surface area (Å²) in [6.45, 7) is 3.47. The number of amides is 1. The van der Waals surface area contributed by atoms with Crippen molar-refractivity contribution in [3.63, 3.8) is 0 Å². The van der Waals surface area contributed by atoms with E-state index in [9.17, 15) is 13.2 Å². The number of benzene rings is 2. The van der Waals surface area contributed by atoms with Gasteiger partial charge in [-0.25, -0.2) is 17.8 Å². The fourth-order valence-corrected chi connectivity index (χ4v) is 4.38. The summed E-state index contributed by atoms with van der Waals surface area (Å²) < 4.78 is 33.6. The molecule has 0 saturated heterocycles. The number of halogens is 2. The van der Waals surface area contributed by atoms with Gasteiger partial charge in [0.15, 0.2) is 5.69 Å². The quantitative estimate of drug-likeness (QED) is 0.633. The van der Waals surface area contributed by atoms with Crippen LogP contribution in [0.5, 0.6) is 5.75 Å². The molecule has 3 rings (SSSR count). The van der Waals surface area contributed by atoms with Crippen molar-refractivity contribution in [3.05, 3.63) is 63.4 Å². The summed E-state index contributed by atoms with van der Waals surface area (Å²) in [4.78, 5) is 12.3. The number of hydrogen-bond acceptors (Lipinski definition) is 6. The molecule has 0 aliphatic heterocycles. The first-order chi connectivity index (χ1) is 13.6. The Morgan fingerprint density at radius 2 is 1.83 bits per heavy atom. The van der Waals surface area contributed by atoms with Gasteiger partial charge in [-0.05, 0) is 43.7 Å². The van der Waals surface area contributed by atoms with Crippen LogP contribution in [0.15, 0.2) is 41.3 Å². The fourth-order valence-electron chi connectivity index (χ4n) is 2.59. The molecule has 1 heterocycles. The number of hydrogen-bond donors (Lipinski definition) is 1. The van der Waals surface area contributed by atoms with Gasteiger partial charge in [-0.2, -0.15) is 0 Å². The molecule has 3 aromatic rings. The third-order valence-corrected chi connectivity index (χ3v) is 6.21. The van der Waals surface area contributed by atoms with Crippen LogP contribution in [0.2, 0.25) is 10.0 Å². The molecule has 1 aromatic heterocycles. The zero-order chi connectivity index (χ0) is 21.3. The highest BCUT2D eigenvalue weighted by atomic mass is 35.5. The molecular weight excluding hydrogens is 439 g/mol. The van der Waals surface area contributed by atoms with Gasteiger partial charge in [0.1, 0.15) is 10.6 Å². The van der Waals surface area contributed by atoms with Crippen molar-refractivity contribution in [2.24, 2.45) is 0 Å². The Labute approximate surface area is 177 Å². The summed E-state index contributed by atoms with van der Waals surface area (Å²) in [7, 11) is -2.89. The maximum atomic E-state index is 12.6. The summed E-state index contributed by atoms with van der Waals surface area (Å²) in [6.07, 6.45) is 0. The van der Waals surface area contributed by atoms with Gasteiger partial charge in [0.25, 0.3) is 15.9 Å². The Balaban J connectivity index is 1.93. The van der Waals surface area contributed by atoms with Gasteiger partial charge in [0.05, 0.1) is 28.5 Å². The Hall–Kier alpha value is -2.62. The highest BCUT2D eigenvalue weighted by Gasteiger charge is 2.26. The van der Waals surface area contributed by atoms with E-state index >= 15 is 0 Å². The molecule has 0 radical (unpaired) electrons. The number of methoxy groups -OCH3 is 1. The number of nitrogens with one attached hydrogen (secondary N) is 1. The van der Waals surface area contributed by atoms with Gasteiger partial charge in [0.2, 0.25) is 0 Å². The highest BCUT2D eigenvalue weighted by Crippen LogP contribution is 2.27. The topological polar surface area (TPSA) is 103 Å². The molecule has 0 bridgehead atoms. The number of aromatic nitrogens is 3. The zero-order valence-corrected chi connectivity index (χ0v) is 17.9. The normalized spacial score (nSPS) is 11.3. The fraction of sp³-hybridized carbons (Fsp3) is 0.167. The third-order valence-electron chi connectivity index (χ3n) is 4.10. The molecule has 0 fully saturated rings. The summed E-state index contributed by atoms with van der Waals surface area (Å²) in [6, 6.07) is 9.39. The van der Waals surface area contributed by atoms with E-state index in [4.69, 9.17) is 27.9 Å². The van der Waals surface area contributed by atoms with Crippen LogP contribution in [0.25, 0.3) is 5.69 Å². The lowest BCUT2D eigenvalue weighted by molar-refractivity contribution is 0.0976. The van der Waals surface area contributed by atoms with Crippen LogP contribution in [0, 0.1) is 13.8 Å². The lowest BCUT2D eigenvalue weighted by Gasteiger charge is -2.10. The van der Waals surface area contributed by atoms with E-state index in [0.717, 1.165) is 5.56 Å². The Kier molecular flexibility index (Phi) is 5.83. The molecule has 152 valence electrons. The number of aryl methyl sites for hydroxylation is 1. The summed E-state index contributed by atoms with van der Waals surface area (Å²) in [5.41, 5.74) is 1.63. The van der Waals surface area contributed by atoms with E-state index < -0.39 is 15.9 Å². The van der Waals surface area contributed by atoms with E-state index in [1.807, 2.05) is 17.7 Å². The Morgan fingerprint density at radius 3 is 2.48 bits per heavy atom. The Bertz CT molecular complexity index is 1210. The largest absolute Gasteiger partial charge is 0.497 e. The van der Waals surface area contributed by atoms with Crippen molar-refractivity contribution in [3.8, 4) is 11.4 Å². The minimum Gasteiger partial charge on any atom is -0.497 e. The predicted molar refractivity (Wildman–Crippen MR) is 108 cm³/mol. The van der Waals surface area contributed by atoms with Crippen molar-refractivity contribution in [2.45, 2.75) is 18.7 Å². The van der Waals surface area contributed by atoms with Gasteiger partial charge in [-0.3, -0.25) is 4.79 Å². The smallest absolute Gasteiger partial charge is 0.287 e. The van der Waals surface area contributed by atoms with Gasteiger partial charge >= 0.3 is 0 Å². The van der Waals surface area contributed by atoms with Crippen LogP contribution in [0.1, 0.15) is 21.7 Å². The van der Waals surface area contributed by atoms with Crippen LogP contribution in [0.4, 0.5) is 0 Å². The maximum absolute atomic E-state index is 12.6. The van der Waals surface area contributed by atoms with Crippen LogP contribution in [0.3, 0.4) is 0 Å². The van der Waals surface area contributed by atoms with Crippen LogP contribution < -0.4 is 9.46 Å². The van der Waals surface area contributed by atoms with Gasteiger partial charge in [0, 0.05) is 6.07 Å². The lowest BCUT2D eigenvalue weighted by atomic mass is 10.2. The second kappa shape index (κ2) is 8.02. The Morgan fingerprint density at radius 1 is 1.10 bits per heavy atom. The van der Waals surface area contributed by atoms with Crippen LogP contribution >= 0.6 is 23.2 Å². The molecule has 0 spiro atoms. The second-order valence-electron chi connectivity index (χ2n) is 6.12. The van der Waals surface area contributed by atoms with Crippen LogP contribution in [-0.4, -0.2) is 36.4 Å². The standard InChI is InChI=1S/C18H16Cl2N4O4S/c1-10-4-7-15(14(20)8-10)24-11(2)17(21-23-24)18(25)22-29(26,27)16-9-12(28-3)5-6-13(16)19/h4-9H,1-3H3,(H,22,25). The molecule has 1 amide bonds. The molecule has 0 aliphatic rings. The SMILES string of the molecule is COc1ccc(Cl)c(S(=O)(=O)NC(=O)c2nnn(-c3ccc(C)cc3Cl)c2C)c1. The number of nitrogens with zero attached hydrogens (tertiary/aromatic N) is 3. The number of ether oxygens (including phenoxy) is 1. The number of carbonyl (C=O) groups excluding carboxylic acids is 1. The average molecular weight is 455 g/mol. The molecule has 0 unspecified atom stereocenters. The molecule has 0 aliphatic carbocycles. The molecule has 0 saturated carbocycles. The molecule has 29 heavy (non-hydrogen) atoms. The van der Waals surface area contributed by atoms with Crippen molar-refractivity contribution in [1.29, 1.82) is 0 Å². The molecular formula is C18H16Cl2N4O4S. The zero-order valence-electron chi connectivity index (χ0n) is 15.6. The number of sulfonamides is 1. The minimum absolute atomic E-state index is 0.0575. The van der Waals surface area contributed by atoms with Crippen molar-refractivity contribution in [2.75, 3.05) is 7.11 Å². The maximum Gasteiger partial charge on any atom is 0.287 e.